The average molecular weight is 343 g/mol. The Kier molecular flexibility index (Phi) is 4.78. The monoisotopic (exact) mass is 343 g/mol. The molecule has 136 valence electrons. The third-order valence-electron chi connectivity index (χ3n) is 6.42. The molecule has 3 aliphatic rings. The minimum Gasteiger partial charge on any atom is -0.375 e. The van der Waals surface area contributed by atoms with Gasteiger partial charge in [-0.2, -0.15) is 0 Å². The summed E-state index contributed by atoms with van der Waals surface area (Å²) in [5.74, 6) is 1.31. The molecular formula is C20H29N3O2. The van der Waals surface area contributed by atoms with E-state index in [1.54, 1.807) is 0 Å². The van der Waals surface area contributed by atoms with Crippen LogP contribution in [0.15, 0.2) is 24.4 Å². The van der Waals surface area contributed by atoms with Gasteiger partial charge in [-0.3, -0.25) is 14.7 Å². The molecule has 2 saturated heterocycles. The molecule has 0 radical (unpaired) electrons. The molecule has 1 aromatic heterocycles. The van der Waals surface area contributed by atoms with Crippen molar-refractivity contribution in [3.05, 3.63) is 30.1 Å². The number of piperidine rings is 1. The van der Waals surface area contributed by atoms with Crippen LogP contribution in [0.5, 0.6) is 0 Å². The van der Waals surface area contributed by atoms with Gasteiger partial charge in [0.15, 0.2) is 0 Å². The van der Waals surface area contributed by atoms with Crippen molar-refractivity contribution in [3.63, 3.8) is 0 Å². The Labute approximate surface area is 150 Å². The molecule has 4 rings (SSSR count). The first-order valence-corrected chi connectivity index (χ1v) is 9.64. The lowest BCUT2D eigenvalue weighted by Crippen LogP contribution is -2.73. The molecule has 1 amide bonds. The van der Waals surface area contributed by atoms with Crippen molar-refractivity contribution in [1.82, 2.24) is 14.8 Å². The minimum atomic E-state index is 0.191. The summed E-state index contributed by atoms with van der Waals surface area (Å²) in [6.45, 7) is 4.31. The summed E-state index contributed by atoms with van der Waals surface area (Å²) in [5, 5.41) is 0. The molecule has 1 spiro atoms. The maximum Gasteiger partial charge on any atom is 0.225 e. The second-order valence-corrected chi connectivity index (χ2v) is 8.16. The van der Waals surface area contributed by atoms with Crippen LogP contribution in [0.2, 0.25) is 0 Å². The van der Waals surface area contributed by atoms with Gasteiger partial charge in [0.05, 0.1) is 24.4 Å². The largest absolute Gasteiger partial charge is 0.375 e. The first kappa shape index (κ1) is 17.0. The number of aromatic nitrogens is 1. The number of carbonyl (C=O) groups excluding carboxylic acids is 1. The Morgan fingerprint density at radius 2 is 2.16 bits per heavy atom. The van der Waals surface area contributed by atoms with Crippen LogP contribution in [0.4, 0.5) is 0 Å². The van der Waals surface area contributed by atoms with E-state index in [4.69, 9.17) is 4.74 Å². The van der Waals surface area contributed by atoms with Gasteiger partial charge in [0, 0.05) is 25.2 Å². The third kappa shape index (κ3) is 3.44. The van der Waals surface area contributed by atoms with Gasteiger partial charge < -0.3 is 9.64 Å². The number of nitrogens with zero attached hydrogens (tertiary/aromatic N) is 3. The summed E-state index contributed by atoms with van der Waals surface area (Å²) >= 11 is 0. The summed E-state index contributed by atoms with van der Waals surface area (Å²) < 4.78 is 5.93. The molecule has 1 aliphatic carbocycles. The lowest BCUT2D eigenvalue weighted by Gasteiger charge is -2.59. The van der Waals surface area contributed by atoms with Crippen LogP contribution in [0.25, 0.3) is 0 Å². The van der Waals surface area contributed by atoms with E-state index in [0.29, 0.717) is 24.3 Å². The predicted octanol–water partition coefficient (Wildman–Crippen LogP) is 2.32. The number of ether oxygens (including phenoxy) is 1. The fourth-order valence-corrected chi connectivity index (χ4v) is 4.47. The zero-order valence-electron chi connectivity index (χ0n) is 15.2. The third-order valence-corrected chi connectivity index (χ3v) is 6.42. The highest BCUT2D eigenvalue weighted by Gasteiger charge is 2.51. The average Bonchev–Trinajstić information content (AvgIpc) is 2.53. The second kappa shape index (κ2) is 7.04. The molecule has 3 fully saturated rings. The van der Waals surface area contributed by atoms with Crippen LogP contribution in [0.1, 0.15) is 37.8 Å². The number of likely N-dealkylation sites (tertiary alicyclic amines) is 2. The van der Waals surface area contributed by atoms with Crippen LogP contribution in [-0.4, -0.2) is 59.5 Å². The van der Waals surface area contributed by atoms with Gasteiger partial charge >= 0.3 is 0 Å². The van der Waals surface area contributed by atoms with E-state index in [0.717, 1.165) is 51.2 Å². The Balaban J connectivity index is 1.26. The van der Waals surface area contributed by atoms with Crippen molar-refractivity contribution >= 4 is 5.91 Å². The van der Waals surface area contributed by atoms with E-state index in [1.165, 1.54) is 12.8 Å². The van der Waals surface area contributed by atoms with Crippen molar-refractivity contribution in [2.45, 2.75) is 44.2 Å². The minimum absolute atomic E-state index is 0.191. The molecule has 1 atom stereocenters. The maximum atomic E-state index is 12.4. The molecule has 2 aliphatic heterocycles. The number of pyridine rings is 1. The molecule has 5 heteroatoms. The fraction of sp³-hybridized carbons (Fsp3) is 0.700. The van der Waals surface area contributed by atoms with Gasteiger partial charge in [0.2, 0.25) is 5.91 Å². The molecule has 1 aromatic rings. The van der Waals surface area contributed by atoms with Crippen molar-refractivity contribution in [2.24, 2.45) is 11.8 Å². The molecule has 0 unspecified atom stereocenters. The molecule has 3 heterocycles. The van der Waals surface area contributed by atoms with E-state index in [9.17, 15) is 4.79 Å². The summed E-state index contributed by atoms with van der Waals surface area (Å²) in [5.41, 5.74) is 1.18. The lowest BCUT2D eigenvalue weighted by molar-refractivity contribution is -0.158. The molecule has 1 saturated carbocycles. The van der Waals surface area contributed by atoms with E-state index in [-0.39, 0.29) is 5.54 Å². The summed E-state index contributed by atoms with van der Waals surface area (Å²) in [4.78, 5) is 21.3. The van der Waals surface area contributed by atoms with E-state index < -0.39 is 0 Å². The molecular weight excluding hydrogens is 314 g/mol. The lowest BCUT2D eigenvalue weighted by atomic mass is 9.74. The highest BCUT2D eigenvalue weighted by molar-refractivity contribution is 5.80. The van der Waals surface area contributed by atoms with Crippen molar-refractivity contribution in [3.8, 4) is 0 Å². The smallest absolute Gasteiger partial charge is 0.225 e. The van der Waals surface area contributed by atoms with Crippen LogP contribution in [0, 0.1) is 11.8 Å². The van der Waals surface area contributed by atoms with Crippen LogP contribution in [0.3, 0.4) is 0 Å². The molecule has 0 N–H and O–H groups in total. The zero-order valence-corrected chi connectivity index (χ0v) is 15.2. The maximum absolute atomic E-state index is 12.4. The van der Waals surface area contributed by atoms with Gasteiger partial charge in [0.25, 0.3) is 0 Å². The number of amides is 1. The van der Waals surface area contributed by atoms with Gasteiger partial charge in [-0.15, -0.1) is 0 Å². The first-order valence-electron chi connectivity index (χ1n) is 9.64. The highest BCUT2D eigenvalue weighted by Crippen LogP contribution is 2.40. The van der Waals surface area contributed by atoms with Crippen molar-refractivity contribution in [2.75, 3.05) is 33.3 Å². The number of rotatable bonds is 5. The Bertz CT molecular complexity index is 596. The quantitative estimate of drug-likeness (QED) is 0.823. The van der Waals surface area contributed by atoms with Crippen molar-refractivity contribution in [1.29, 1.82) is 0 Å². The number of likely N-dealkylation sites (N-methyl/N-ethyl adjacent to an activating group) is 1. The topological polar surface area (TPSA) is 45.7 Å². The van der Waals surface area contributed by atoms with Crippen molar-refractivity contribution < 1.29 is 9.53 Å². The van der Waals surface area contributed by atoms with Crippen LogP contribution >= 0.6 is 0 Å². The Morgan fingerprint density at radius 1 is 1.32 bits per heavy atom. The summed E-state index contributed by atoms with van der Waals surface area (Å²) in [6.07, 6.45) is 7.55. The van der Waals surface area contributed by atoms with E-state index >= 15 is 0 Å². The van der Waals surface area contributed by atoms with Gasteiger partial charge in [-0.1, -0.05) is 12.5 Å². The SMILES string of the molecule is CN1CC[C@@H](COCc2ccccn2)CC12CN(C(=O)C1CCC1)C2. The van der Waals surface area contributed by atoms with E-state index in [2.05, 4.69) is 21.8 Å². The van der Waals surface area contributed by atoms with Gasteiger partial charge in [-0.05, 0) is 57.3 Å². The number of hydrogen-bond donors (Lipinski definition) is 0. The van der Waals surface area contributed by atoms with E-state index in [1.807, 2.05) is 24.4 Å². The van der Waals surface area contributed by atoms with Gasteiger partial charge in [-0.25, -0.2) is 0 Å². The van der Waals surface area contributed by atoms with Crippen LogP contribution < -0.4 is 0 Å². The Hall–Kier alpha value is -1.46. The Morgan fingerprint density at radius 3 is 2.84 bits per heavy atom. The molecule has 0 aromatic carbocycles. The standard InChI is InChI=1S/C20H29N3O2/c1-22-10-8-16(12-25-13-18-7-2-3-9-21-18)11-20(22)14-23(15-20)19(24)17-5-4-6-17/h2-3,7,9,16-17H,4-6,8,10-15H2,1H3/t16-/m1/s1. The normalized spacial score (nSPS) is 26.3. The summed E-state index contributed by atoms with van der Waals surface area (Å²) in [6, 6.07) is 5.93. The number of carbonyl (C=O) groups is 1. The van der Waals surface area contributed by atoms with Gasteiger partial charge in [0.1, 0.15) is 0 Å². The van der Waals surface area contributed by atoms with Crippen LogP contribution in [-0.2, 0) is 16.1 Å². The summed E-state index contributed by atoms with van der Waals surface area (Å²) in [7, 11) is 2.22. The zero-order chi connectivity index (χ0) is 17.3. The molecule has 25 heavy (non-hydrogen) atoms. The predicted molar refractivity (Wildman–Crippen MR) is 95.9 cm³/mol. The number of hydrogen-bond acceptors (Lipinski definition) is 4. The molecule has 0 bridgehead atoms. The fourth-order valence-electron chi connectivity index (χ4n) is 4.47. The highest BCUT2D eigenvalue weighted by atomic mass is 16.5. The molecule has 5 nitrogen and oxygen atoms in total. The second-order valence-electron chi connectivity index (χ2n) is 8.16. The first-order chi connectivity index (χ1) is 12.2.